The predicted molar refractivity (Wildman–Crippen MR) is 73.2 cm³/mol. The zero-order valence-corrected chi connectivity index (χ0v) is 12.5. The van der Waals surface area contributed by atoms with Crippen molar-refractivity contribution < 1.29 is 19.5 Å². The number of carbonyl (C=O) groups excluding carboxylic acids is 2. The van der Waals surface area contributed by atoms with Gasteiger partial charge in [-0.3, -0.25) is 9.59 Å². The molecule has 1 unspecified atom stereocenters. The quantitative estimate of drug-likeness (QED) is 0.783. The molecule has 1 atom stereocenters. The van der Waals surface area contributed by atoms with Crippen molar-refractivity contribution in [2.24, 2.45) is 5.41 Å². The van der Waals surface area contributed by atoms with Crippen molar-refractivity contribution in [3.8, 4) is 0 Å². The summed E-state index contributed by atoms with van der Waals surface area (Å²) in [7, 11) is 1.66. The van der Waals surface area contributed by atoms with Gasteiger partial charge in [-0.15, -0.1) is 0 Å². The van der Waals surface area contributed by atoms with Gasteiger partial charge in [-0.25, -0.2) is 4.79 Å². The fourth-order valence-corrected chi connectivity index (χ4v) is 2.31. The van der Waals surface area contributed by atoms with Gasteiger partial charge in [-0.1, -0.05) is 20.8 Å². The Bertz CT molecular complexity index is 403. The third kappa shape index (κ3) is 4.40. The highest BCUT2D eigenvalue weighted by molar-refractivity contribution is 5.91. The molecule has 2 N–H and O–H groups in total. The summed E-state index contributed by atoms with van der Waals surface area (Å²) >= 11 is 0. The Balaban J connectivity index is 2.81. The molecule has 1 aliphatic heterocycles. The van der Waals surface area contributed by atoms with Gasteiger partial charge in [-0.2, -0.15) is 0 Å². The van der Waals surface area contributed by atoms with Crippen LogP contribution in [0.1, 0.15) is 27.2 Å². The van der Waals surface area contributed by atoms with Crippen LogP contribution in [0.2, 0.25) is 0 Å². The van der Waals surface area contributed by atoms with Crippen molar-refractivity contribution in [2.75, 3.05) is 26.7 Å². The molecule has 1 saturated heterocycles. The number of urea groups is 1. The number of aliphatic carboxylic acids is 1. The fraction of sp³-hybridized carbons (Fsp3) is 0.769. The number of rotatable bonds is 3. The molecule has 0 aromatic heterocycles. The van der Waals surface area contributed by atoms with Crippen LogP contribution in [0, 0.1) is 5.41 Å². The molecular weight excluding hydrogens is 262 g/mol. The standard InChI is InChI=1S/C13H23N3O4/c1-13(2,3)8-15(4)12(20)16-6-5-14-11(19)9(16)7-10(17)18/h9H,5-8H2,1-4H3,(H,14,19)(H,17,18). The van der Waals surface area contributed by atoms with E-state index in [0.717, 1.165) is 0 Å². The molecule has 0 aliphatic carbocycles. The van der Waals surface area contributed by atoms with E-state index in [1.54, 1.807) is 7.05 Å². The fourth-order valence-electron chi connectivity index (χ4n) is 2.31. The molecule has 3 amide bonds. The van der Waals surface area contributed by atoms with Crippen LogP contribution in [0.4, 0.5) is 4.79 Å². The summed E-state index contributed by atoms with van der Waals surface area (Å²) in [5.41, 5.74) is -0.0647. The molecule has 0 saturated carbocycles. The van der Waals surface area contributed by atoms with Crippen molar-refractivity contribution in [3.63, 3.8) is 0 Å². The molecule has 1 aliphatic rings. The number of nitrogens with one attached hydrogen (secondary N) is 1. The summed E-state index contributed by atoms with van der Waals surface area (Å²) in [6.45, 7) is 7.24. The second-order valence-electron chi connectivity index (χ2n) is 6.30. The average molecular weight is 285 g/mol. The van der Waals surface area contributed by atoms with Crippen molar-refractivity contribution in [2.45, 2.75) is 33.2 Å². The number of carbonyl (C=O) groups is 3. The molecule has 114 valence electrons. The Hall–Kier alpha value is -1.79. The highest BCUT2D eigenvalue weighted by Gasteiger charge is 2.36. The highest BCUT2D eigenvalue weighted by atomic mass is 16.4. The molecule has 20 heavy (non-hydrogen) atoms. The smallest absolute Gasteiger partial charge is 0.320 e. The van der Waals surface area contributed by atoms with Crippen LogP contribution in [0.3, 0.4) is 0 Å². The minimum Gasteiger partial charge on any atom is -0.481 e. The molecule has 0 aromatic rings. The number of piperazine rings is 1. The van der Waals surface area contributed by atoms with E-state index in [-0.39, 0.29) is 17.9 Å². The van der Waals surface area contributed by atoms with E-state index in [2.05, 4.69) is 5.32 Å². The van der Waals surface area contributed by atoms with Gasteiger partial charge in [0.25, 0.3) is 0 Å². The van der Waals surface area contributed by atoms with Gasteiger partial charge in [0.15, 0.2) is 0 Å². The lowest BCUT2D eigenvalue weighted by Gasteiger charge is -2.38. The number of hydrogen-bond donors (Lipinski definition) is 2. The second kappa shape index (κ2) is 6.11. The molecule has 1 fully saturated rings. The largest absolute Gasteiger partial charge is 0.481 e. The van der Waals surface area contributed by atoms with Crippen molar-refractivity contribution >= 4 is 17.9 Å². The first-order chi connectivity index (χ1) is 9.11. The maximum atomic E-state index is 12.4. The Morgan fingerprint density at radius 2 is 2.05 bits per heavy atom. The molecule has 0 spiro atoms. The Labute approximate surface area is 118 Å². The van der Waals surface area contributed by atoms with Gasteiger partial charge in [0.2, 0.25) is 5.91 Å². The molecule has 0 aromatic carbocycles. The van der Waals surface area contributed by atoms with Crippen LogP contribution in [0.25, 0.3) is 0 Å². The van der Waals surface area contributed by atoms with Gasteiger partial charge in [0.05, 0.1) is 6.42 Å². The molecule has 1 rings (SSSR count). The summed E-state index contributed by atoms with van der Waals surface area (Å²) in [5, 5.41) is 11.5. The zero-order chi connectivity index (χ0) is 15.5. The molecule has 0 bridgehead atoms. The molecule has 0 radical (unpaired) electrons. The van der Waals surface area contributed by atoms with E-state index in [9.17, 15) is 14.4 Å². The summed E-state index contributed by atoms with van der Waals surface area (Å²) < 4.78 is 0. The summed E-state index contributed by atoms with van der Waals surface area (Å²) in [4.78, 5) is 37.9. The van der Waals surface area contributed by atoms with Crippen LogP contribution in [0.5, 0.6) is 0 Å². The Kier molecular flexibility index (Phi) is 4.97. The molecular formula is C13H23N3O4. The molecule has 7 nitrogen and oxygen atoms in total. The minimum atomic E-state index is -1.09. The van der Waals surface area contributed by atoms with Gasteiger partial charge >= 0.3 is 12.0 Å². The first-order valence-electron chi connectivity index (χ1n) is 6.63. The third-order valence-corrected chi connectivity index (χ3v) is 2.98. The molecule has 1 heterocycles. The van der Waals surface area contributed by atoms with Crippen LogP contribution in [0.15, 0.2) is 0 Å². The Morgan fingerprint density at radius 3 is 2.55 bits per heavy atom. The van der Waals surface area contributed by atoms with E-state index in [1.165, 1.54) is 9.80 Å². The SMILES string of the molecule is CN(CC(C)(C)C)C(=O)N1CCNC(=O)C1CC(=O)O. The van der Waals surface area contributed by atoms with Gasteiger partial charge in [0, 0.05) is 26.7 Å². The molecule has 7 heteroatoms. The number of hydrogen-bond acceptors (Lipinski definition) is 3. The van der Waals surface area contributed by atoms with E-state index in [0.29, 0.717) is 19.6 Å². The number of amides is 3. The van der Waals surface area contributed by atoms with E-state index in [1.807, 2.05) is 20.8 Å². The van der Waals surface area contributed by atoms with E-state index < -0.39 is 17.9 Å². The lowest BCUT2D eigenvalue weighted by Crippen LogP contribution is -2.60. The van der Waals surface area contributed by atoms with Crippen LogP contribution in [-0.4, -0.2) is 65.5 Å². The van der Waals surface area contributed by atoms with Gasteiger partial charge in [0.1, 0.15) is 6.04 Å². The van der Waals surface area contributed by atoms with Crippen molar-refractivity contribution in [1.82, 2.24) is 15.1 Å². The maximum Gasteiger partial charge on any atom is 0.320 e. The summed E-state index contributed by atoms with van der Waals surface area (Å²) in [6.07, 6.45) is -0.374. The lowest BCUT2D eigenvalue weighted by molar-refractivity contribution is -0.142. The monoisotopic (exact) mass is 285 g/mol. The number of nitrogens with zero attached hydrogens (tertiary/aromatic N) is 2. The average Bonchev–Trinajstić information content (AvgIpc) is 2.28. The van der Waals surface area contributed by atoms with Crippen molar-refractivity contribution in [3.05, 3.63) is 0 Å². The van der Waals surface area contributed by atoms with E-state index >= 15 is 0 Å². The lowest BCUT2D eigenvalue weighted by atomic mass is 9.96. The van der Waals surface area contributed by atoms with E-state index in [4.69, 9.17) is 5.11 Å². The van der Waals surface area contributed by atoms with Crippen LogP contribution < -0.4 is 5.32 Å². The highest BCUT2D eigenvalue weighted by Crippen LogP contribution is 2.17. The first kappa shape index (κ1) is 16.3. The zero-order valence-electron chi connectivity index (χ0n) is 12.5. The summed E-state index contributed by atoms with van der Waals surface area (Å²) in [5.74, 6) is -1.50. The number of carboxylic acid groups (broad SMARTS) is 1. The normalized spacial score (nSPS) is 19.5. The van der Waals surface area contributed by atoms with Crippen LogP contribution >= 0.6 is 0 Å². The maximum absolute atomic E-state index is 12.4. The van der Waals surface area contributed by atoms with Gasteiger partial charge < -0.3 is 20.2 Å². The predicted octanol–water partition coefficient (Wildman–Crippen LogP) is 0.359. The first-order valence-corrected chi connectivity index (χ1v) is 6.63. The number of carboxylic acids is 1. The summed E-state index contributed by atoms with van der Waals surface area (Å²) in [6, 6.07) is -1.24. The third-order valence-electron chi connectivity index (χ3n) is 2.98. The van der Waals surface area contributed by atoms with Crippen LogP contribution in [-0.2, 0) is 9.59 Å². The topological polar surface area (TPSA) is 90.0 Å². The van der Waals surface area contributed by atoms with Crippen molar-refractivity contribution in [1.29, 1.82) is 0 Å². The van der Waals surface area contributed by atoms with Gasteiger partial charge in [-0.05, 0) is 5.41 Å². The second-order valence-corrected chi connectivity index (χ2v) is 6.30. The Morgan fingerprint density at radius 1 is 1.45 bits per heavy atom. The minimum absolute atomic E-state index is 0.0647.